The molecule has 3 aromatic carbocycles. The van der Waals surface area contributed by atoms with Crippen molar-refractivity contribution in [2.75, 3.05) is 12.4 Å². The standard InChI is InChI=1S/C24H22N4O3S/c1-27(18-19-8-4-2-5-9-19)32(30,31)22-14-12-20(13-15-22)25-24(29)23-16-17-28(26-23)21-10-6-3-7-11-21/h2-17H,18H2,1H3,(H,25,29). The monoisotopic (exact) mass is 446 g/mol. The van der Waals surface area contributed by atoms with Crippen LogP contribution in [0.3, 0.4) is 0 Å². The molecule has 7 nitrogen and oxygen atoms in total. The summed E-state index contributed by atoms with van der Waals surface area (Å²) in [5, 5.41) is 7.05. The van der Waals surface area contributed by atoms with Crippen molar-refractivity contribution in [3.8, 4) is 5.69 Å². The molecule has 1 amide bonds. The number of anilines is 1. The van der Waals surface area contributed by atoms with Crippen LogP contribution >= 0.6 is 0 Å². The molecule has 0 radical (unpaired) electrons. The van der Waals surface area contributed by atoms with Crippen molar-refractivity contribution in [2.24, 2.45) is 0 Å². The third kappa shape index (κ3) is 4.77. The van der Waals surface area contributed by atoms with Crippen molar-refractivity contribution in [3.05, 3.63) is 108 Å². The highest BCUT2D eigenvalue weighted by Crippen LogP contribution is 2.20. The molecular formula is C24H22N4O3S. The van der Waals surface area contributed by atoms with Crippen molar-refractivity contribution in [3.63, 3.8) is 0 Å². The summed E-state index contributed by atoms with van der Waals surface area (Å²) in [5.74, 6) is -0.378. The minimum Gasteiger partial charge on any atom is -0.321 e. The van der Waals surface area contributed by atoms with Gasteiger partial charge in [0, 0.05) is 25.5 Å². The van der Waals surface area contributed by atoms with Gasteiger partial charge < -0.3 is 5.32 Å². The lowest BCUT2D eigenvalue weighted by Gasteiger charge is -2.17. The molecular weight excluding hydrogens is 424 g/mol. The minimum absolute atomic E-state index is 0.155. The Kier molecular flexibility index (Phi) is 6.16. The molecule has 32 heavy (non-hydrogen) atoms. The van der Waals surface area contributed by atoms with E-state index in [2.05, 4.69) is 10.4 Å². The smallest absolute Gasteiger partial charge is 0.276 e. The number of sulfonamides is 1. The first kappa shape index (κ1) is 21.5. The van der Waals surface area contributed by atoms with Crippen LogP contribution in [0.4, 0.5) is 5.69 Å². The maximum Gasteiger partial charge on any atom is 0.276 e. The van der Waals surface area contributed by atoms with Gasteiger partial charge in [-0.1, -0.05) is 48.5 Å². The number of nitrogens with zero attached hydrogens (tertiary/aromatic N) is 3. The van der Waals surface area contributed by atoms with E-state index in [0.717, 1.165) is 11.3 Å². The number of carbonyl (C=O) groups is 1. The molecule has 0 bridgehead atoms. The van der Waals surface area contributed by atoms with Crippen LogP contribution in [0.5, 0.6) is 0 Å². The fraction of sp³-hybridized carbons (Fsp3) is 0.0833. The molecule has 0 aliphatic heterocycles. The first-order valence-corrected chi connectivity index (χ1v) is 11.4. The van der Waals surface area contributed by atoms with Crippen molar-refractivity contribution in [1.82, 2.24) is 14.1 Å². The highest BCUT2D eigenvalue weighted by molar-refractivity contribution is 7.89. The van der Waals surface area contributed by atoms with Gasteiger partial charge in [-0.3, -0.25) is 4.79 Å². The van der Waals surface area contributed by atoms with Crippen molar-refractivity contribution in [1.29, 1.82) is 0 Å². The van der Waals surface area contributed by atoms with Gasteiger partial charge in [0.1, 0.15) is 0 Å². The molecule has 4 aromatic rings. The van der Waals surface area contributed by atoms with Crippen LogP contribution in [0.15, 0.2) is 102 Å². The van der Waals surface area contributed by atoms with Crippen LogP contribution in [0, 0.1) is 0 Å². The Morgan fingerprint density at radius 3 is 2.19 bits per heavy atom. The van der Waals surface area contributed by atoms with E-state index in [1.165, 1.54) is 16.4 Å². The fourth-order valence-corrected chi connectivity index (χ4v) is 4.34. The molecule has 1 N–H and O–H groups in total. The van der Waals surface area contributed by atoms with Gasteiger partial charge in [-0.15, -0.1) is 0 Å². The van der Waals surface area contributed by atoms with Gasteiger partial charge in [0.2, 0.25) is 10.0 Å². The molecule has 0 spiro atoms. The van der Waals surface area contributed by atoms with Crippen LogP contribution in [0.2, 0.25) is 0 Å². The normalized spacial score (nSPS) is 11.4. The summed E-state index contributed by atoms with van der Waals surface area (Å²) < 4.78 is 28.6. The number of para-hydroxylation sites is 1. The molecule has 8 heteroatoms. The minimum atomic E-state index is -3.66. The third-order valence-electron chi connectivity index (χ3n) is 4.91. The lowest BCUT2D eigenvalue weighted by molar-refractivity contribution is 0.102. The molecule has 0 saturated carbocycles. The van der Waals surface area contributed by atoms with E-state index in [-0.39, 0.29) is 23.0 Å². The zero-order valence-corrected chi connectivity index (χ0v) is 18.2. The summed E-state index contributed by atoms with van der Waals surface area (Å²) >= 11 is 0. The number of rotatable bonds is 7. The van der Waals surface area contributed by atoms with Crippen molar-refractivity contribution >= 4 is 21.6 Å². The molecule has 1 aromatic heterocycles. The van der Waals surface area contributed by atoms with E-state index in [1.54, 1.807) is 36.1 Å². The Hall–Kier alpha value is -3.75. The maximum absolute atomic E-state index is 12.9. The van der Waals surface area contributed by atoms with Crippen LogP contribution in [0.1, 0.15) is 16.1 Å². The van der Waals surface area contributed by atoms with Gasteiger partial charge in [-0.2, -0.15) is 9.40 Å². The second kappa shape index (κ2) is 9.17. The predicted molar refractivity (Wildman–Crippen MR) is 123 cm³/mol. The summed E-state index contributed by atoms with van der Waals surface area (Å²) in [6, 6.07) is 26.6. The van der Waals surface area contributed by atoms with Crippen LogP contribution in [-0.4, -0.2) is 35.5 Å². The third-order valence-corrected chi connectivity index (χ3v) is 6.73. The number of aromatic nitrogens is 2. The number of amides is 1. The van der Waals surface area contributed by atoms with E-state index in [9.17, 15) is 13.2 Å². The second-order valence-electron chi connectivity index (χ2n) is 7.21. The first-order valence-electron chi connectivity index (χ1n) is 9.96. The average Bonchev–Trinajstić information content (AvgIpc) is 3.31. The van der Waals surface area contributed by atoms with Crippen LogP contribution in [-0.2, 0) is 16.6 Å². The van der Waals surface area contributed by atoms with E-state index in [1.807, 2.05) is 60.7 Å². The van der Waals surface area contributed by atoms with Crippen LogP contribution < -0.4 is 5.32 Å². The zero-order valence-electron chi connectivity index (χ0n) is 17.4. The van der Waals surface area contributed by atoms with Gasteiger partial charge in [-0.05, 0) is 48.0 Å². The van der Waals surface area contributed by atoms with Crippen molar-refractivity contribution in [2.45, 2.75) is 11.4 Å². The summed E-state index contributed by atoms with van der Waals surface area (Å²) in [6.45, 7) is 0.270. The largest absolute Gasteiger partial charge is 0.321 e. The lowest BCUT2D eigenvalue weighted by Crippen LogP contribution is -2.26. The van der Waals surface area contributed by atoms with Crippen molar-refractivity contribution < 1.29 is 13.2 Å². The SMILES string of the molecule is CN(Cc1ccccc1)S(=O)(=O)c1ccc(NC(=O)c2ccn(-c3ccccc3)n2)cc1. The number of hydrogen-bond acceptors (Lipinski definition) is 4. The first-order chi connectivity index (χ1) is 15.4. The topological polar surface area (TPSA) is 84.3 Å². The Balaban J connectivity index is 1.43. The molecule has 0 aliphatic carbocycles. The highest BCUT2D eigenvalue weighted by atomic mass is 32.2. The number of benzene rings is 3. The Morgan fingerprint density at radius 1 is 0.906 bits per heavy atom. The van der Waals surface area contributed by atoms with Crippen LogP contribution in [0.25, 0.3) is 5.69 Å². The summed E-state index contributed by atoms with van der Waals surface area (Å²) in [7, 11) is -2.11. The maximum atomic E-state index is 12.9. The molecule has 0 atom stereocenters. The Labute approximate surface area is 187 Å². The molecule has 162 valence electrons. The fourth-order valence-electron chi connectivity index (χ4n) is 3.18. The lowest BCUT2D eigenvalue weighted by atomic mass is 10.2. The number of nitrogens with one attached hydrogen (secondary N) is 1. The number of hydrogen-bond donors (Lipinski definition) is 1. The zero-order chi connectivity index (χ0) is 22.6. The molecule has 0 unspecified atom stereocenters. The van der Waals surface area contributed by atoms with Gasteiger partial charge in [-0.25, -0.2) is 13.1 Å². The quantitative estimate of drug-likeness (QED) is 0.466. The predicted octanol–water partition coefficient (Wildman–Crippen LogP) is 3.95. The van der Waals surface area contributed by atoms with Gasteiger partial charge in [0.15, 0.2) is 5.69 Å². The molecule has 0 fully saturated rings. The van der Waals surface area contributed by atoms with E-state index in [0.29, 0.717) is 5.69 Å². The Bertz CT molecular complexity index is 1300. The summed E-state index contributed by atoms with van der Waals surface area (Å²) in [5.41, 5.74) is 2.49. The van der Waals surface area contributed by atoms with Gasteiger partial charge in [0.25, 0.3) is 5.91 Å². The Morgan fingerprint density at radius 2 is 1.53 bits per heavy atom. The molecule has 1 heterocycles. The molecule has 4 rings (SSSR count). The van der Waals surface area contributed by atoms with E-state index in [4.69, 9.17) is 0 Å². The van der Waals surface area contributed by atoms with Gasteiger partial charge >= 0.3 is 0 Å². The molecule has 0 saturated heterocycles. The highest BCUT2D eigenvalue weighted by Gasteiger charge is 2.21. The average molecular weight is 447 g/mol. The van der Waals surface area contributed by atoms with E-state index >= 15 is 0 Å². The number of carbonyl (C=O) groups excluding carboxylic acids is 1. The second-order valence-corrected chi connectivity index (χ2v) is 9.25. The summed E-state index contributed by atoms with van der Waals surface area (Å²) in [4.78, 5) is 12.7. The summed E-state index contributed by atoms with van der Waals surface area (Å²) in [6.07, 6.45) is 1.71. The molecule has 0 aliphatic rings. The van der Waals surface area contributed by atoms with E-state index < -0.39 is 10.0 Å². The van der Waals surface area contributed by atoms with Gasteiger partial charge in [0.05, 0.1) is 10.6 Å².